The third-order valence-corrected chi connectivity index (χ3v) is 4.78. The van der Waals surface area contributed by atoms with E-state index in [1.807, 2.05) is 0 Å². The highest BCUT2D eigenvalue weighted by Crippen LogP contribution is 2.32. The molecule has 2 aromatic rings. The van der Waals surface area contributed by atoms with Crippen molar-refractivity contribution in [2.45, 2.75) is 6.04 Å². The molecule has 98 valence electrons. The number of hydrogen-bond donors (Lipinski definition) is 2. The number of phenolic OH excluding ortho intramolecular Hbond substituents is 1. The number of hydrogen-bond acceptors (Lipinski definition) is 6. The van der Waals surface area contributed by atoms with Crippen LogP contribution in [0.3, 0.4) is 0 Å². The van der Waals surface area contributed by atoms with Gasteiger partial charge < -0.3 is 10.2 Å². The van der Waals surface area contributed by atoms with Gasteiger partial charge in [-0.2, -0.15) is 0 Å². The molecule has 5 nitrogen and oxygen atoms in total. The Morgan fingerprint density at radius 1 is 1.47 bits per heavy atom. The minimum atomic E-state index is -0.965. The largest absolute Gasteiger partial charge is 0.505 e. The second-order valence-electron chi connectivity index (χ2n) is 3.89. The van der Waals surface area contributed by atoms with Crippen molar-refractivity contribution in [3.05, 3.63) is 23.0 Å². The van der Waals surface area contributed by atoms with Crippen molar-refractivity contribution >= 4 is 44.3 Å². The third-order valence-electron chi connectivity index (χ3n) is 2.58. The number of carboxylic acid groups (broad SMARTS) is 1. The molecule has 0 saturated heterocycles. The first-order chi connectivity index (χ1) is 9.04. The highest BCUT2D eigenvalue weighted by molar-refractivity contribution is 8.15. The van der Waals surface area contributed by atoms with E-state index in [4.69, 9.17) is 5.11 Å². The topological polar surface area (TPSA) is 82.8 Å². The van der Waals surface area contributed by atoms with Crippen molar-refractivity contribution in [1.29, 1.82) is 0 Å². The number of rotatable bonds is 2. The Morgan fingerprint density at radius 3 is 2.95 bits per heavy atom. The summed E-state index contributed by atoms with van der Waals surface area (Å²) >= 11 is 2.57. The Hall–Kier alpha value is -1.67. The van der Waals surface area contributed by atoms with E-state index in [2.05, 4.69) is 9.98 Å². The summed E-state index contributed by atoms with van der Waals surface area (Å²) in [5, 5.41) is 19.3. The van der Waals surface area contributed by atoms with Crippen molar-refractivity contribution in [3.63, 3.8) is 0 Å². The lowest BCUT2D eigenvalue weighted by Crippen LogP contribution is -2.17. The van der Waals surface area contributed by atoms with E-state index < -0.39 is 23.6 Å². The van der Waals surface area contributed by atoms with Gasteiger partial charge in [0.1, 0.15) is 10.1 Å². The molecule has 1 atom stereocenters. The van der Waals surface area contributed by atoms with Gasteiger partial charge in [-0.15, -0.1) is 23.1 Å². The molecule has 0 radical (unpaired) electrons. The molecule has 1 aliphatic heterocycles. The maximum absolute atomic E-state index is 13.2. The molecule has 1 aliphatic rings. The maximum atomic E-state index is 13.2. The number of aromatic nitrogens is 1. The molecule has 0 spiro atoms. The first kappa shape index (κ1) is 12.4. The van der Waals surface area contributed by atoms with E-state index in [0.29, 0.717) is 26.0 Å². The molecule has 8 heteroatoms. The number of carboxylic acids is 1. The summed E-state index contributed by atoms with van der Waals surface area (Å²) in [5.41, 5.74) is 0.428. The Labute approximate surface area is 114 Å². The smallest absolute Gasteiger partial charge is 0.329 e. The molecule has 0 bridgehead atoms. The van der Waals surface area contributed by atoms with E-state index in [1.54, 1.807) is 0 Å². The number of benzene rings is 1. The van der Waals surface area contributed by atoms with Crippen LogP contribution in [0.1, 0.15) is 5.01 Å². The van der Waals surface area contributed by atoms with Gasteiger partial charge in [0.25, 0.3) is 0 Å². The van der Waals surface area contributed by atoms with Crippen LogP contribution < -0.4 is 0 Å². The monoisotopic (exact) mass is 298 g/mol. The fourth-order valence-electron chi connectivity index (χ4n) is 1.65. The Morgan fingerprint density at radius 2 is 2.26 bits per heavy atom. The minimum Gasteiger partial charge on any atom is -0.505 e. The number of aromatic hydroxyl groups is 1. The summed E-state index contributed by atoms with van der Waals surface area (Å²) in [6.07, 6.45) is 0. The summed E-state index contributed by atoms with van der Waals surface area (Å²) < 4.78 is 13.8. The molecule has 1 aromatic heterocycles. The van der Waals surface area contributed by atoms with Crippen molar-refractivity contribution in [2.24, 2.45) is 4.99 Å². The summed E-state index contributed by atoms with van der Waals surface area (Å²) in [4.78, 5) is 19.1. The van der Waals surface area contributed by atoms with E-state index in [-0.39, 0.29) is 0 Å². The van der Waals surface area contributed by atoms with Crippen LogP contribution in [0.25, 0.3) is 10.2 Å². The van der Waals surface area contributed by atoms with E-state index in [9.17, 15) is 14.3 Å². The zero-order chi connectivity index (χ0) is 13.6. The van der Waals surface area contributed by atoms with Crippen molar-refractivity contribution in [1.82, 2.24) is 4.98 Å². The predicted octanol–water partition coefficient (Wildman–Crippen LogP) is 2.09. The van der Waals surface area contributed by atoms with Crippen LogP contribution in [0.15, 0.2) is 17.1 Å². The van der Waals surface area contributed by atoms with Gasteiger partial charge in [-0.1, -0.05) is 0 Å². The van der Waals surface area contributed by atoms with Gasteiger partial charge in [0.05, 0.1) is 10.2 Å². The van der Waals surface area contributed by atoms with Crippen LogP contribution in [0.4, 0.5) is 4.39 Å². The second kappa shape index (κ2) is 4.46. The molecule has 1 unspecified atom stereocenters. The van der Waals surface area contributed by atoms with Gasteiger partial charge >= 0.3 is 5.97 Å². The SMILES string of the molecule is O=C(O)C1CSC(c2nc3cc(F)c(O)cc3s2)=N1. The second-order valence-corrected chi connectivity index (χ2v) is 5.93. The molecule has 0 aliphatic carbocycles. The fourth-order valence-corrected chi connectivity index (χ4v) is 3.72. The van der Waals surface area contributed by atoms with E-state index >= 15 is 0 Å². The van der Waals surface area contributed by atoms with Crippen LogP contribution in [-0.2, 0) is 4.79 Å². The van der Waals surface area contributed by atoms with Gasteiger partial charge in [0.15, 0.2) is 17.6 Å². The molecule has 1 aromatic carbocycles. The highest BCUT2D eigenvalue weighted by atomic mass is 32.2. The molecule has 0 amide bonds. The Balaban J connectivity index is 2.03. The summed E-state index contributed by atoms with van der Waals surface area (Å²) in [6, 6.07) is 1.71. The van der Waals surface area contributed by atoms with E-state index in [1.165, 1.54) is 29.2 Å². The zero-order valence-corrected chi connectivity index (χ0v) is 11.0. The molecule has 2 heterocycles. The average Bonchev–Trinajstić information content (AvgIpc) is 2.95. The Bertz CT molecular complexity index is 674. The first-order valence-corrected chi connectivity index (χ1v) is 7.07. The first-order valence-electron chi connectivity index (χ1n) is 5.27. The Kier molecular flexibility index (Phi) is 2.90. The number of halogens is 1. The zero-order valence-electron chi connectivity index (χ0n) is 9.33. The number of fused-ring (bicyclic) bond motifs is 1. The lowest BCUT2D eigenvalue weighted by atomic mass is 10.3. The lowest BCUT2D eigenvalue weighted by molar-refractivity contribution is -0.137. The number of aliphatic imine (C=N–C) groups is 1. The highest BCUT2D eigenvalue weighted by Gasteiger charge is 2.27. The van der Waals surface area contributed by atoms with Crippen LogP contribution in [0.2, 0.25) is 0 Å². The van der Waals surface area contributed by atoms with Gasteiger partial charge in [-0.05, 0) is 0 Å². The quantitative estimate of drug-likeness (QED) is 0.887. The molecule has 19 heavy (non-hydrogen) atoms. The van der Waals surface area contributed by atoms with Gasteiger partial charge in [0, 0.05) is 17.9 Å². The summed E-state index contributed by atoms with van der Waals surface area (Å²) in [5.74, 6) is -1.74. The predicted molar refractivity (Wildman–Crippen MR) is 71.7 cm³/mol. The molecular weight excluding hydrogens is 291 g/mol. The number of nitrogens with zero attached hydrogens (tertiary/aromatic N) is 2. The number of thiazole rings is 1. The van der Waals surface area contributed by atoms with Crippen LogP contribution >= 0.6 is 23.1 Å². The summed E-state index contributed by atoms with van der Waals surface area (Å²) in [7, 11) is 0. The molecule has 3 rings (SSSR count). The number of aliphatic carboxylic acids is 1. The summed E-state index contributed by atoms with van der Waals surface area (Å²) in [6.45, 7) is 0. The number of carbonyl (C=O) groups is 1. The lowest BCUT2D eigenvalue weighted by Gasteiger charge is -1.93. The molecule has 2 N–H and O–H groups in total. The standard InChI is InChI=1S/C11H7FN2O3S2/c12-4-1-5-8(2-7(4)15)19-10(13-5)9-14-6(3-18-9)11(16)17/h1-2,6,15H,3H2,(H,16,17). The van der Waals surface area contributed by atoms with Crippen molar-refractivity contribution in [2.75, 3.05) is 5.75 Å². The fraction of sp³-hybridized carbons (Fsp3) is 0.182. The molecule has 0 saturated carbocycles. The van der Waals surface area contributed by atoms with Crippen molar-refractivity contribution < 1.29 is 19.4 Å². The molecule has 0 fully saturated rings. The number of thioether (sulfide) groups is 1. The normalized spacial score (nSPS) is 18.8. The minimum absolute atomic E-state index is 0.375. The van der Waals surface area contributed by atoms with Crippen LogP contribution in [0.5, 0.6) is 5.75 Å². The van der Waals surface area contributed by atoms with Gasteiger partial charge in [-0.25, -0.2) is 14.2 Å². The van der Waals surface area contributed by atoms with Gasteiger partial charge in [0.2, 0.25) is 0 Å². The van der Waals surface area contributed by atoms with E-state index in [0.717, 1.165) is 6.07 Å². The van der Waals surface area contributed by atoms with Crippen LogP contribution in [-0.4, -0.2) is 38.0 Å². The number of phenols is 1. The van der Waals surface area contributed by atoms with Crippen LogP contribution in [0, 0.1) is 5.82 Å². The maximum Gasteiger partial charge on any atom is 0.329 e. The van der Waals surface area contributed by atoms with Crippen molar-refractivity contribution in [3.8, 4) is 5.75 Å². The average molecular weight is 298 g/mol. The van der Waals surface area contributed by atoms with Gasteiger partial charge in [-0.3, -0.25) is 4.99 Å². The molecular formula is C11H7FN2O3S2. The third kappa shape index (κ3) is 2.17.